The number of rotatable bonds is 5. The summed E-state index contributed by atoms with van der Waals surface area (Å²) in [5, 5.41) is 8.82. The lowest BCUT2D eigenvalue weighted by Gasteiger charge is -2.15. The fourth-order valence-electron chi connectivity index (χ4n) is 2.60. The highest BCUT2D eigenvalue weighted by molar-refractivity contribution is 8.16. The number of hydrogen-bond donors (Lipinski definition) is 0. The Balaban J connectivity index is 1.87. The van der Waals surface area contributed by atoms with Crippen LogP contribution in [0.15, 0.2) is 52.7 Å². The van der Waals surface area contributed by atoms with Crippen molar-refractivity contribution in [3.8, 4) is 11.5 Å². The number of amides is 1. The van der Waals surface area contributed by atoms with Crippen molar-refractivity contribution >= 4 is 34.7 Å². The molecule has 1 heterocycles. The van der Waals surface area contributed by atoms with Gasteiger partial charge in [-0.3, -0.25) is 9.69 Å². The van der Waals surface area contributed by atoms with Gasteiger partial charge in [0.15, 0.2) is 5.17 Å². The third-order valence-electron chi connectivity index (χ3n) is 4.11. The van der Waals surface area contributed by atoms with Crippen LogP contribution in [0.5, 0.6) is 11.5 Å². The third-order valence-corrected chi connectivity index (χ3v) is 5.14. The molecule has 1 atom stereocenters. The summed E-state index contributed by atoms with van der Waals surface area (Å²) in [6.45, 7) is 3.88. The molecule has 0 spiro atoms. The molecular weight excluding hydrogens is 362 g/mol. The summed E-state index contributed by atoms with van der Waals surface area (Å²) in [5.74, 6) is 1.34. The molecule has 1 fully saturated rings. The molecule has 0 saturated carbocycles. The predicted molar refractivity (Wildman–Crippen MR) is 110 cm³/mol. The Kier molecular flexibility index (Phi) is 5.81. The molecule has 2 aromatic carbocycles. The van der Waals surface area contributed by atoms with E-state index in [1.54, 1.807) is 31.4 Å². The van der Waals surface area contributed by atoms with Crippen molar-refractivity contribution in [1.29, 1.82) is 0 Å². The van der Waals surface area contributed by atoms with Gasteiger partial charge in [0.2, 0.25) is 5.91 Å². The van der Waals surface area contributed by atoms with Crippen LogP contribution in [-0.4, -0.2) is 36.8 Å². The summed E-state index contributed by atoms with van der Waals surface area (Å²) in [6.07, 6.45) is 1.60. The van der Waals surface area contributed by atoms with Gasteiger partial charge in [-0.2, -0.15) is 5.10 Å². The van der Waals surface area contributed by atoms with Gasteiger partial charge < -0.3 is 9.47 Å². The number of aryl methyl sites for hydroxylation is 1. The summed E-state index contributed by atoms with van der Waals surface area (Å²) < 4.78 is 10.5. The van der Waals surface area contributed by atoms with Gasteiger partial charge in [-0.25, -0.2) is 0 Å². The Hall–Kier alpha value is -2.80. The quantitative estimate of drug-likeness (QED) is 0.581. The van der Waals surface area contributed by atoms with E-state index < -0.39 is 0 Å². The monoisotopic (exact) mass is 383 g/mol. The van der Waals surface area contributed by atoms with E-state index in [0.29, 0.717) is 16.7 Å². The van der Waals surface area contributed by atoms with Crippen LogP contribution in [0.1, 0.15) is 18.1 Å². The number of amidine groups is 1. The molecule has 0 aromatic heterocycles. The maximum Gasteiger partial charge on any atom is 0.246 e. The summed E-state index contributed by atoms with van der Waals surface area (Å²) in [7, 11) is 3.19. The molecule has 0 unspecified atom stereocenters. The Bertz CT molecular complexity index is 894. The Labute approximate surface area is 162 Å². The average Bonchev–Trinajstić information content (AvgIpc) is 2.96. The summed E-state index contributed by atoms with van der Waals surface area (Å²) >= 11 is 1.39. The number of benzene rings is 2. The number of carbonyl (C=O) groups is 1. The highest BCUT2D eigenvalue weighted by Crippen LogP contribution is 2.32. The zero-order valence-corrected chi connectivity index (χ0v) is 16.5. The molecule has 27 heavy (non-hydrogen) atoms. The number of carbonyl (C=O) groups excluding carboxylic acids is 1. The first-order chi connectivity index (χ1) is 13.0. The van der Waals surface area contributed by atoms with E-state index >= 15 is 0 Å². The van der Waals surface area contributed by atoms with Crippen LogP contribution in [0, 0.1) is 6.92 Å². The van der Waals surface area contributed by atoms with Gasteiger partial charge in [-0.1, -0.05) is 29.5 Å². The topological polar surface area (TPSA) is 63.5 Å². The predicted octanol–water partition coefficient (Wildman–Crippen LogP) is 3.87. The lowest BCUT2D eigenvalue weighted by atomic mass is 10.2. The first kappa shape index (κ1) is 19.0. The van der Waals surface area contributed by atoms with Gasteiger partial charge in [-0.15, -0.1) is 5.10 Å². The number of thioether (sulfide) groups is 1. The molecule has 1 aliphatic heterocycles. The number of anilines is 1. The molecule has 1 aliphatic rings. The molecule has 140 valence electrons. The van der Waals surface area contributed by atoms with Gasteiger partial charge in [0, 0.05) is 11.6 Å². The van der Waals surface area contributed by atoms with Crippen molar-refractivity contribution in [2.24, 2.45) is 10.2 Å². The fourth-order valence-corrected chi connectivity index (χ4v) is 3.52. The molecule has 1 amide bonds. The average molecular weight is 383 g/mol. The summed E-state index contributed by atoms with van der Waals surface area (Å²) in [4.78, 5) is 14.2. The number of methoxy groups -OCH3 is 2. The van der Waals surface area contributed by atoms with Gasteiger partial charge in [-0.05, 0) is 38.1 Å². The lowest BCUT2D eigenvalue weighted by molar-refractivity contribution is -0.116. The van der Waals surface area contributed by atoms with Crippen LogP contribution in [-0.2, 0) is 4.79 Å². The summed E-state index contributed by atoms with van der Waals surface area (Å²) in [5.41, 5.74) is 2.69. The number of ether oxygens (including phenoxy) is 2. The Morgan fingerprint density at radius 1 is 1.11 bits per heavy atom. The number of hydrogen-bond acceptors (Lipinski definition) is 6. The van der Waals surface area contributed by atoms with Crippen molar-refractivity contribution < 1.29 is 14.3 Å². The number of nitrogens with zero attached hydrogens (tertiary/aromatic N) is 3. The van der Waals surface area contributed by atoms with E-state index in [1.165, 1.54) is 11.8 Å². The van der Waals surface area contributed by atoms with Gasteiger partial charge in [0.25, 0.3) is 0 Å². The van der Waals surface area contributed by atoms with Crippen LogP contribution in [0.25, 0.3) is 0 Å². The van der Waals surface area contributed by atoms with Gasteiger partial charge in [0.05, 0.1) is 31.4 Å². The minimum atomic E-state index is -0.198. The maximum atomic E-state index is 12.5. The Morgan fingerprint density at radius 3 is 2.52 bits per heavy atom. The van der Waals surface area contributed by atoms with Crippen molar-refractivity contribution in [2.45, 2.75) is 19.1 Å². The standard InChI is InChI=1S/C20H21N3O3S/c1-13-5-8-16(9-6-13)23-19(24)14(2)27-20(23)22-21-12-15-7-10-17(25-3)11-18(15)26-4/h5-12,14H,1-4H3/b21-12-,22-20-/t14-/m0/s1. The molecule has 7 heteroatoms. The van der Waals surface area contributed by atoms with E-state index in [9.17, 15) is 4.79 Å². The molecule has 3 rings (SSSR count). The second-order valence-corrected chi connectivity index (χ2v) is 7.31. The van der Waals surface area contributed by atoms with Crippen molar-refractivity contribution in [3.63, 3.8) is 0 Å². The van der Waals surface area contributed by atoms with E-state index in [0.717, 1.165) is 16.8 Å². The highest BCUT2D eigenvalue weighted by atomic mass is 32.2. The molecule has 0 N–H and O–H groups in total. The first-order valence-corrected chi connectivity index (χ1v) is 9.32. The molecule has 0 aliphatic carbocycles. The molecule has 0 bridgehead atoms. The van der Waals surface area contributed by atoms with Gasteiger partial charge in [0.1, 0.15) is 11.5 Å². The molecule has 1 saturated heterocycles. The van der Waals surface area contributed by atoms with E-state index in [2.05, 4.69) is 10.2 Å². The molecular formula is C20H21N3O3S. The van der Waals surface area contributed by atoms with E-state index in [1.807, 2.05) is 50.2 Å². The van der Waals surface area contributed by atoms with Gasteiger partial charge >= 0.3 is 0 Å². The Morgan fingerprint density at radius 2 is 1.85 bits per heavy atom. The third kappa shape index (κ3) is 4.14. The zero-order chi connectivity index (χ0) is 19.4. The first-order valence-electron chi connectivity index (χ1n) is 8.44. The van der Waals surface area contributed by atoms with Crippen LogP contribution in [0.3, 0.4) is 0 Å². The van der Waals surface area contributed by atoms with Crippen LogP contribution < -0.4 is 14.4 Å². The second-order valence-electron chi connectivity index (χ2n) is 6.00. The molecule has 2 aromatic rings. The van der Waals surface area contributed by atoms with Crippen LogP contribution in [0.2, 0.25) is 0 Å². The second kappa shape index (κ2) is 8.26. The van der Waals surface area contributed by atoms with Crippen LogP contribution in [0.4, 0.5) is 5.69 Å². The zero-order valence-electron chi connectivity index (χ0n) is 15.7. The maximum absolute atomic E-state index is 12.5. The van der Waals surface area contributed by atoms with E-state index in [-0.39, 0.29) is 11.2 Å². The normalized spacial score (nSPS) is 18.5. The molecule has 0 radical (unpaired) electrons. The fraction of sp³-hybridized carbons (Fsp3) is 0.250. The van der Waals surface area contributed by atoms with Crippen molar-refractivity contribution in [3.05, 3.63) is 53.6 Å². The highest BCUT2D eigenvalue weighted by Gasteiger charge is 2.36. The molecule has 6 nitrogen and oxygen atoms in total. The van der Waals surface area contributed by atoms with Crippen molar-refractivity contribution in [2.75, 3.05) is 19.1 Å². The minimum Gasteiger partial charge on any atom is -0.497 e. The lowest BCUT2D eigenvalue weighted by Crippen LogP contribution is -2.31. The minimum absolute atomic E-state index is 0.000156. The SMILES string of the molecule is COc1ccc(/C=N\N=C2/S[C@@H](C)C(=O)N2c2ccc(C)cc2)c(OC)c1. The van der Waals surface area contributed by atoms with E-state index in [4.69, 9.17) is 9.47 Å². The van der Waals surface area contributed by atoms with Crippen molar-refractivity contribution in [1.82, 2.24) is 0 Å². The smallest absolute Gasteiger partial charge is 0.246 e. The largest absolute Gasteiger partial charge is 0.497 e. The van der Waals surface area contributed by atoms with Crippen LogP contribution >= 0.6 is 11.8 Å². The summed E-state index contributed by atoms with van der Waals surface area (Å²) in [6, 6.07) is 13.2.